The Bertz CT molecular complexity index is 2550. The molecule has 0 bridgehead atoms. The molecule has 0 saturated carbocycles. The third-order valence-corrected chi connectivity index (χ3v) is 9.16. The second-order valence-electron chi connectivity index (χ2n) is 11.8. The lowest BCUT2D eigenvalue weighted by Gasteiger charge is -2.16. The van der Waals surface area contributed by atoms with Gasteiger partial charge < -0.3 is 0 Å². The van der Waals surface area contributed by atoms with E-state index in [-0.39, 0.29) is 0 Å². The fraction of sp³-hybridized carbons (Fsp3) is 0. The molecule has 0 amide bonds. The first-order valence-electron chi connectivity index (χ1n) is 15.2. The number of hydrogen-bond acceptors (Lipinski definition) is 0. The van der Waals surface area contributed by atoms with Gasteiger partial charge in [0.2, 0.25) is 0 Å². The minimum Gasteiger partial charge on any atom is -0.0616 e. The van der Waals surface area contributed by atoms with Crippen LogP contribution in [0.5, 0.6) is 0 Å². The van der Waals surface area contributed by atoms with Gasteiger partial charge in [0.1, 0.15) is 0 Å². The van der Waals surface area contributed by atoms with Crippen molar-refractivity contribution in [2.45, 2.75) is 0 Å². The molecule has 0 nitrogen and oxygen atoms in total. The molecular weight excluding hydrogens is 528 g/mol. The molecule has 0 heteroatoms. The molecular formula is C44H28. The van der Waals surface area contributed by atoms with Crippen molar-refractivity contribution < 1.29 is 0 Å². The number of rotatable bonds is 3. The molecule has 0 fully saturated rings. The molecule has 0 N–H and O–H groups in total. The van der Waals surface area contributed by atoms with Crippen LogP contribution >= 0.6 is 0 Å². The quantitative estimate of drug-likeness (QED) is 0.190. The van der Waals surface area contributed by atoms with Crippen molar-refractivity contribution in [1.82, 2.24) is 0 Å². The van der Waals surface area contributed by atoms with Crippen LogP contribution in [-0.2, 0) is 0 Å². The fourth-order valence-corrected chi connectivity index (χ4v) is 6.87. The summed E-state index contributed by atoms with van der Waals surface area (Å²) in [6.07, 6.45) is 0. The van der Waals surface area contributed by atoms with E-state index in [1.54, 1.807) is 0 Å². The molecule has 0 aliphatic heterocycles. The third kappa shape index (κ3) is 4.15. The number of hydrogen-bond donors (Lipinski definition) is 0. The van der Waals surface area contributed by atoms with Crippen molar-refractivity contribution in [1.29, 1.82) is 0 Å². The van der Waals surface area contributed by atoms with Crippen molar-refractivity contribution in [3.63, 3.8) is 0 Å². The predicted octanol–water partition coefficient (Wildman–Crippen LogP) is 12.5. The van der Waals surface area contributed by atoms with Crippen LogP contribution in [0.15, 0.2) is 170 Å². The molecule has 0 saturated heterocycles. The summed E-state index contributed by atoms with van der Waals surface area (Å²) < 4.78 is 0. The molecule has 0 spiro atoms. The van der Waals surface area contributed by atoms with Crippen LogP contribution in [0.4, 0.5) is 0 Å². The monoisotopic (exact) mass is 556 g/mol. The molecule has 204 valence electrons. The normalized spacial score (nSPS) is 11.6. The van der Waals surface area contributed by atoms with Crippen LogP contribution in [0.3, 0.4) is 0 Å². The van der Waals surface area contributed by atoms with E-state index in [1.165, 1.54) is 87.2 Å². The Morgan fingerprint density at radius 1 is 0.205 bits per heavy atom. The summed E-state index contributed by atoms with van der Waals surface area (Å²) in [5.41, 5.74) is 7.48. The predicted molar refractivity (Wildman–Crippen MR) is 190 cm³/mol. The lowest BCUT2D eigenvalue weighted by Crippen LogP contribution is -1.89. The van der Waals surface area contributed by atoms with Gasteiger partial charge in [-0.05, 0) is 124 Å². The highest BCUT2D eigenvalue weighted by Gasteiger charge is 2.14. The van der Waals surface area contributed by atoms with Gasteiger partial charge in [-0.15, -0.1) is 0 Å². The van der Waals surface area contributed by atoms with Crippen LogP contribution in [-0.4, -0.2) is 0 Å². The Hall–Kier alpha value is -5.72. The highest BCUT2D eigenvalue weighted by Crippen LogP contribution is 2.41. The van der Waals surface area contributed by atoms with E-state index in [1.807, 2.05) is 0 Å². The standard InChI is InChI=1S/C44H28/c1-4-10-32-23-35(16-13-29(32)7-1)37-21-22-42-41(26-37)27-39-19-18-38(36-17-14-30-8-2-5-11-33(30)24-36)28-43(39)44(42)40-20-15-31-9-3-6-12-34(31)25-40/h1-28H. The highest BCUT2D eigenvalue weighted by molar-refractivity contribution is 6.15. The van der Waals surface area contributed by atoms with E-state index in [0.29, 0.717) is 0 Å². The second-order valence-corrected chi connectivity index (χ2v) is 11.8. The average molecular weight is 557 g/mol. The minimum atomic E-state index is 1.23. The largest absolute Gasteiger partial charge is 0.0616 e. The first-order valence-corrected chi connectivity index (χ1v) is 15.2. The zero-order valence-electron chi connectivity index (χ0n) is 24.2. The zero-order valence-corrected chi connectivity index (χ0v) is 24.2. The minimum absolute atomic E-state index is 1.23. The molecule has 0 heterocycles. The molecule has 0 atom stereocenters. The molecule has 9 aromatic carbocycles. The van der Waals surface area contributed by atoms with Crippen LogP contribution in [0.25, 0.3) is 87.2 Å². The van der Waals surface area contributed by atoms with Gasteiger partial charge in [0, 0.05) is 0 Å². The zero-order chi connectivity index (χ0) is 29.0. The van der Waals surface area contributed by atoms with E-state index >= 15 is 0 Å². The van der Waals surface area contributed by atoms with Crippen LogP contribution in [0.2, 0.25) is 0 Å². The van der Waals surface area contributed by atoms with Gasteiger partial charge in [-0.1, -0.05) is 133 Å². The topological polar surface area (TPSA) is 0 Å². The van der Waals surface area contributed by atoms with E-state index in [4.69, 9.17) is 0 Å². The Balaban J connectivity index is 1.29. The van der Waals surface area contributed by atoms with Crippen LogP contribution in [0, 0.1) is 0 Å². The molecule has 0 aliphatic rings. The Labute approximate surface area is 256 Å². The Morgan fingerprint density at radius 2 is 0.591 bits per heavy atom. The van der Waals surface area contributed by atoms with Gasteiger partial charge in [-0.25, -0.2) is 0 Å². The molecule has 0 aromatic heterocycles. The van der Waals surface area contributed by atoms with Gasteiger partial charge in [-0.3, -0.25) is 0 Å². The Kier molecular flexibility index (Phi) is 5.61. The van der Waals surface area contributed by atoms with Crippen LogP contribution in [0.1, 0.15) is 0 Å². The smallest absolute Gasteiger partial charge is 0.00264 e. The maximum atomic E-state index is 2.39. The lowest BCUT2D eigenvalue weighted by molar-refractivity contribution is 1.66. The molecule has 0 radical (unpaired) electrons. The van der Waals surface area contributed by atoms with Crippen molar-refractivity contribution in [3.8, 4) is 33.4 Å². The van der Waals surface area contributed by atoms with Gasteiger partial charge in [0.25, 0.3) is 0 Å². The number of benzene rings is 9. The molecule has 9 aromatic rings. The van der Waals surface area contributed by atoms with Gasteiger partial charge in [0.05, 0.1) is 0 Å². The SMILES string of the molecule is c1ccc2cc(-c3ccc4c(-c5ccc6ccccc6c5)c5cc(-c6ccc7ccccc7c6)ccc5cc4c3)ccc2c1. The lowest BCUT2D eigenvalue weighted by atomic mass is 9.88. The van der Waals surface area contributed by atoms with Crippen molar-refractivity contribution in [2.24, 2.45) is 0 Å². The summed E-state index contributed by atoms with van der Waals surface area (Å²) in [6.45, 7) is 0. The first kappa shape index (κ1) is 24.8. The van der Waals surface area contributed by atoms with Crippen molar-refractivity contribution in [3.05, 3.63) is 170 Å². The molecule has 44 heavy (non-hydrogen) atoms. The van der Waals surface area contributed by atoms with E-state index in [9.17, 15) is 0 Å². The molecule has 0 unspecified atom stereocenters. The first-order chi connectivity index (χ1) is 21.8. The third-order valence-electron chi connectivity index (χ3n) is 9.16. The summed E-state index contributed by atoms with van der Waals surface area (Å²) in [6, 6.07) is 62.6. The van der Waals surface area contributed by atoms with Gasteiger partial charge >= 0.3 is 0 Å². The summed E-state index contributed by atoms with van der Waals surface area (Å²) in [5.74, 6) is 0. The maximum Gasteiger partial charge on any atom is -0.00264 e. The highest BCUT2D eigenvalue weighted by atomic mass is 14.2. The number of fused-ring (bicyclic) bond motifs is 5. The summed E-state index contributed by atoms with van der Waals surface area (Å²) in [5, 5.41) is 12.6. The van der Waals surface area contributed by atoms with Crippen molar-refractivity contribution in [2.75, 3.05) is 0 Å². The molecule has 9 rings (SSSR count). The van der Waals surface area contributed by atoms with Gasteiger partial charge in [-0.2, -0.15) is 0 Å². The summed E-state index contributed by atoms with van der Waals surface area (Å²) in [4.78, 5) is 0. The van der Waals surface area contributed by atoms with E-state index in [2.05, 4.69) is 170 Å². The summed E-state index contributed by atoms with van der Waals surface area (Å²) >= 11 is 0. The van der Waals surface area contributed by atoms with Crippen molar-refractivity contribution >= 4 is 53.9 Å². The Morgan fingerprint density at radius 3 is 1.14 bits per heavy atom. The fourth-order valence-electron chi connectivity index (χ4n) is 6.87. The van der Waals surface area contributed by atoms with Gasteiger partial charge in [0.15, 0.2) is 0 Å². The van der Waals surface area contributed by atoms with Crippen LogP contribution < -0.4 is 0 Å². The maximum absolute atomic E-state index is 2.39. The average Bonchev–Trinajstić information content (AvgIpc) is 3.09. The van der Waals surface area contributed by atoms with E-state index in [0.717, 1.165) is 0 Å². The van der Waals surface area contributed by atoms with E-state index < -0.39 is 0 Å². The summed E-state index contributed by atoms with van der Waals surface area (Å²) in [7, 11) is 0. The molecule has 0 aliphatic carbocycles. The second kappa shape index (κ2) is 9.93.